The zero-order valence-corrected chi connectivity index (χ0v) is 18.0. The van der Waals surface area contributed by atoms with E-state index in [-0.39, 0.29) is 12.5 Å². The van der Waals surface area contributed by atoms with Crippen molar-refractivity contribution in [2.75, 3.05) is 18.5 Å². The van der Waals surface area contributed by atoms with Crippen molar-refractivity contribution in [1.29, 1.82) is 0 Å². The number of hydrogen-bond acceptors (Lipinski definition) is 5. The molecule has 7 nitrogen and oxygen atoms in total. The maximum Gasteiger partial charge on any atom is 0.331 e. The number of nitrogens with one attached hydrogen (secondary N) is 2. The number of furan rings is 1. The largest absolute Gasteiger partial charge is 0.452 e. The van der Waals surface area contributed by atoms with Gasteiger partial charge < -0.3 is 19.8 Å². The van der Waals surface area contributed by atoms with Gasteiger partial charge in [-0.05, 0) is 72.7 Å². The normalized spacial score (nSPS) is 10.7. The van der Waals surface area contributed by atoms with Crippen LogP contribution in [0.4, 0.5) is 5.69 Å². The van der Waals surface area contributed by atoms with E-state index in [1.807, 2.05) is 55.5 Å². The van der Waals surface area contributed by atoms with Gasteiger partial charge in [-0.1, -0.05) is 17.7 Å². The molecule has 8 heteroatoms. The van der Waals surface area contributed by atoms with Crippen LogP contribution in [0.5, 0.6) is 0 Å². The summed E-state index contributed by atoms with van der Waals surface area (Å²) >= 11 is 2.01. The average Bonchev–Trinajstić information content (AvgIpc) is 3.04. The molecule has 0 saturated carbocycles. The number of hydrogen-bond donors (Lipinski definition) is 2. The number of halogens is 1. The summed E-state index contributed by atoms with van der Waals surface area (Å²) in [5, 5.41) is 5.20. The molecule has 0 aliphatic rings. The molecule has 0 unspecified atom stereocenters. The van der Waals surface area contributed by atoms with E-state index >= 15 is 0 Å². The number of benzene rings is 1. The summed E-state index contributed by atoms with van der Waals surface area (Å²) in [6.45, 7) is 5.10. The Bertz CT molecular complexity index is 894. The van der Waals surface area contributed by atoms with Gasteiger partial charge in [0.25, 0.3) is 5.91 Å². The molecule has 0 atom stereocenters. The highest BCUT2D eigenvalue weighted by Gasteiger charge is 2.11. The first kappa shape index (κ1) is 21.7. The summed E-state index contributed by atoms with van der Waals surface area (Å²) in [6.07, 6.45) is 2.61. The van der Waals surface area contributed by atoms with Crippen LogP contribution in [0.3, 0.4) is 0 Å². The number of carbonyl (C=O) groups is 3. The SMILES string of the molecule is Cc1cc(C)c(NC(=O)CNC(=O)COC(=O)/C=C/c2ccc(I)o2)c(C)c1. The van der Waals surface area contributed by atoms with Gasteiger partial charge in [0.05, 0.1) is 6.54 Å². The maximum atomic E-state index is 12.0. The van der Waals surface area contributed by atoms with E-state index in [4.69, 9.17) is 9.15 Å². The van der Waals surface area contributed by atoms with Gasteiger partial charge in [-0.3, -0.25) is 9.59 Å². The zero-order valence-electron chi connectivity index (χ0n) is 15.8. The number of amides is 2. The highest BCUT2D eigenvalue weighted by molar-refractivity contribution is 14.1. The lowest BCUT2D eigenvalue weighted by Crippen LogP contribution is -2.35. The molecule has 0 fully saturated rings. The smallest absolute Gasteiger partial charge is 0.331 e. The lowest BCUT2D eigenvalue weighted by molar-refractivity contribution is -0.143. The van der Waals surface area contributed by atoms with Crippen LogP contribution < -0.4 is 10.6 Å². The summed E-state index contributed by atoms with van der Waals surface area (Å²) in [6, 6.07) is 7.40. The quantitative estimate of drug-likeness (QED) is 0.349. The van der Waals surface area contributed by atoms with Crippen molar-refractivity contribution in [2.45, 2.75) is 20.8 Å². The highest BCUT2D eigenvalue weighted by Crippen LogP contribution is 2.21. The van der Waals surface area contributed by atoms with Crippen LogP contribution in [0.2, 0.25) is 0 Å². The van der Waals surface area contributed by atoms with E-state index in [0.717, 1.165) is 28.5 Å². The molecule has 2 N–H and O–H groups in total. The Morgan fingerprint density at radius 3 is 2.39 bits per heavy atom. The topological polar surface area (TPSA) is 97.6 Å². The van der Waals surface area contributed by atoms with E-state index in [1.54, 1.807) is 12.1 Å². The molecule has 2 amide bonds. The van der Waals surface area contributed by atoms with Gasteiger partial charge in [-0.25, -0.2) is 4.79 Å². The standard InChI is InChI=1S/C20H21IN2O5/c1-12-8-13(2)20(14(3)9-12)23-17(24)10-22-18(25)11-27-19(26)7-5-15-4-6-16(21)28-15/h4-9H,10-11H2,1-3H3,(H,22,25)(H,23,24)/b7-5+. The van der Waals surface area contributed by atoms with Gasteiger partial charge in [0, 0.05) is 11.8 Å². The second-order valence-electron chi connectivity index (χ2n) is 6.18. The number of anilines is 1. The van der Waals surface area contributed by atoms with Crippen LogP contribution >= 0.6 is 22.6 Å². The summed E-state index contributed by atoms with van der Waals surface area (Å²) in [5.74, 6) is -1.11. The Kier molecular flexibility index (Phi) is 7.80. The Morgan fingerprint density at radius 2 is 1.79 bits per heavy atom. The lowest BCUT2D eigenvalue weighted by Gasteiger charge is -2.13. The third-order valence-corrected chi connectivity index (χ3v) is 4.29. The van der Waals surface area contributed by atoms with Crippen LogP contribution in [-0.4, -0.2) is 30.9 Å². The summed E-state index contributed by atoms with van der Waals surface area (Å²) in [5.41, 5.74) is 3.74. The number of carbonyl (C=O) groups excluding carboxylic acids is 3. The minimum absolute atomic E-state index is 0.218. The van der Waals surface area contributed by atoms with E-state index < -0.39 is 18.5 Å². The van der Waals surface area contributed by atoms with Gasteiger partial charge in [0.1, 0.15) is 5.76 Å². The molecule has 0 spiro atoms. The van der Waals surface area contributed by atoms with Crippen molar-refractivity contribution in [2.24, 2.45) is 0 Å². The number of rotatable bonds is 7. The minimum atomic E-state index is -0.683. The molecule has 28 heavy (non-hydrogen) atoms. The molecular formula is C20H21IN2O5. The molecule has 1 aromatic heterocycles. The molecule has 1 aromatic carbocycles. The van der Waals surface area contributed by atoms with E-state index in [1.165, 1.54) is 6.08 Å². The van der Waals surface area contributed by atoms with Crippen LogP contribution in [0.15, 0.2) is 34.8 Å². The first-order valence-electron chi connectivity index (χ1n) is 8.49. The fourth-order valence-corrected chi connectivity index (χ4v) is 2.98. The third-order valence-electron chi connectivity index (χ3n) is 3.71. The molecule has 0 aliphatic heterocycles. The molecule has 0 radical (unpaired) electrons. The Hall–Kier alpha value is -2.62. The predicted molar refractivity (Wildman–Crippen MR) is 114 cm³/mol. The Labute approximate surface area is 176 Å². The van der Waals surface area contributed by atoms with Crippen LogP contribution in [-0.2, 0) is 19.1 Å². The fourth-order valence-electron chi connectivity index (χ4n) is 2.54. The second kappa shape index (κ2) is 10.1. The number of esters is 1. The van der Waals surface area contributed by atoms with Crippen molar-refractivity contribution in [1.82, 2.24) is 5.32 Å². The van der Waals surface area contributed by atoms with Crippen molar-refractivity contribution < 1.29 is 23.5 Å². The van der Waals surface area contributed by atoms with Crippen molar-refractivity contribution in [3.05, 3.63) is 56.6 Å². The average molecular weight is 496 g/mol. The number of ether oxygens (including phenoxy) is 1. The van der Waals surface area contributed by atoms with Crippen molar-refractivity contribution >= 4 is 52.1 Å². The highest BCUT2D eigenvalue weighted by atomic mass is 127. The molecule has 0 bridgehead atoms. The molecular weight excluding hydrogens is 475 g/mol. The van der Waals surface area contributed by atoms with Gasteiger partial charge in [0.2, 0.25) is 5.91 Å². The predicted octanol–water partition coefficient (Wildman–Crippen LogP) is 3.12. The Morgan fingerprint density at radius 1 is 1.11 bits per heavy atom. The van der Waals surface area contributed by atoms with Gasteiger partial charge >= 0.3 is 5.97 Å². The summed E-state index contributed by atoms with van der Waals surface area (Å²) in [7, 11) is 0. The van der Waals surface area contributed by atoms with Gasteiger partial charge in [-0.15, -0.1) is 0 Å². The summed E-state index contributed by atoms with van der Waals surface area (Å²) < 4.78 is 10.8. The Balaban J connectivity index is 1.74. The summed E-state index contributed by atoms with van der Waals surface area (Å²) in [4.78, 5) is 35.4. The monoisotopic (exact) mass is 496 g/mol. The zero-order chi connectivity index (χ0) is 20.7. The van der Waals surface area contributed by atoms with E-state index in [2.05, 4.69) is 10.6 Å². The fraction of sp³-hybridized carbons (Fsp3) is 0.250. The third kappa shape index (κ3) is 6.84. The van der Waals surface area contributed by atoms with E-state index in [9.17, 15) is 14.4 Å². The first-order valence-corrected chi connectivity index (χ1v) is 9.57. The number of aryl methyl sites for hydroxylation is 3. The van der Waals surface area contributed by atoms with Crippen molar-refractivity contribution in [3.8, 4) is 0 Å². The molecule has 148 valence electrons. The molecule has 2 rings (SSSR count). The van der Waals surface area contributed by atoms with Crippen molar-refractivity contribution in [3.63, 3.8) is 0 Å². The molecule has 0 saturated heterocycles. The lowest BCUT2D eigenvalue weighted by atomic mass is 10.1. The van der Waals surface area contributed by atoms with Crippen LogP contribution in [0.25, 0.3) is 6.08 Å². The molecule has 1 heterocycles. The van der Waals surface area contributed by atoms with E-state index in [0.29, 0.717) is 9.53 Å². The molecule has 2 aromatic rings. The molecule has 0 aliphatic carbocycles. The first-order chi connectivity index (χ1) is 13.2. The maximum absolute atomic E-state index is 12.0. The van der Waals surface area contributed by atoms with Crippen LogP contribution in [0, 0.1) is 24.5 Å². The van der Waals surface area contributed by atoms with Gasteiger partial charge in [0.15, 0.2) is 10.4 Å². The van der Waals surface area contributed by atoms with Gasteiger partial charge in [-0.2, -0.15) is 0 Å². The van der Waals surface area contributed by atoms with Crippen LogP contribution in [0.1, 0.15) is 22.5 Å². The second-order valence-corrected chi connectivity index (χ2v) is 7.24. The minimum Gasteiger partial charge on any atom is -0.452 e.